The first-order valence-electron chi connectivity index (χ1n) is 8.13. The summed E-state index contributed by atoms with van der Waals surface area (Å²) in [4.78, 5) is 11.6. The van der Waals surface area contributed by atoms with Crippen molar-refractivity contribution >= 4 is 5.97 Å². The van der Waals surface area contributed by atoms with E-state index in [1.165, 1.54) is 38.5 Å². The van der Waals surface area contributed by atoms with E-state index in [1.54, 1.807) is 6.92 Å². The molecule has 6 unspecified atom stereocenters. The summed E-state index contributed by atoms with van der Waals surface area (Å²) in [7, 11) is 0. The second-order valence-corrected chi connectivity index (χ2v) is 8.21. The molecule has 0 aromatic heterocycles. The summed E-state index contributed by atoms with van der Waals surface area (Å²) < 4.78 is 5.90. The monoisotopic (exact) mass is 262 g/mol. The maximum atomic E-state index is 11.6. The molecule has 0 heterocycles. The third kappa shape index (κ3) is 1.27. The fraction of sp³-hybridized carbons (Fsp3) is 0.941. The van der Waals surface area contributed by atoms with Crippen LogP contribution in [0.3, 0.4) is 0 Å². The summed E-state index contributed by atoms with van der Waals surface area (Å²) in [5.41, 5.74) is 0.752. The van der Waals surface area contributed by atoms with E-state index in [4.69, 9.17) is 4.74 Å². The van der Waals surface area contributed by atoms with Crippen LogP contribution in [0.4, 0.5) is 0 Å². The molecule has 0 aliphatic heterocycles. The molecular weight excluding hydrogens is 236 g/mol. The molecule has 106 valence electrons. The second-order valence-electron chi connectivity index (χ2n) is 8.21. The number of hydrogen-bond donors (Lipinski definition) is 0. The Bertz CT molecular complexity index is 441. The number of ether oxygens (including phenoxy) is 1. The molecule has 2 heteroatoms. The van der Waals surface area contributed by atoms with E-state index >= 15 is 0 Å². The Morgan fingerprint density at radius 2 is 2.05 bits per heavy atom. The first-order valence-corrected chi connectivity index (χ1v) is 8.13. The summed E-state index contributed by atoms with van der Waals surface area (Å²) >= 11 is 0. The van der Waals surface area contributed by atoms with Gasteiger partial charge in [-0.15, -0.1) is 0 Å². The van der Waals surface area contributed by atoms with Gasteiger partial charge in [-0.1, -0.05) is 6.92 Å². The van der Waals surface area contributed by atoms with Gasteiger partial charge in [0.05, 0.1) is 0 Å². The van der Waals surface area contributed by atoms with Crippen LogP contribution >= 0.6 is 0 Å². The molecule has 0 aromatic carbocycles. The van der Waals surface area contributed by atoms with E-state index < -0.39 is 0 Å². The fourth-order valence-corrected chi connectivity index (χ4v) is 6.85. The normalized spacial score (nSPS) is 52.5. The lowest BCUT2D eigenvalue weighted by Gasteiger charge is -2.51. The largest absolute Gasteiger partial charge is 0.459 e. The molecule has 3 bridgehead atoms. The third-order valence-corrected chi connectivity index (χ3v) is 7.63. The summed E-state index contributed by atoms with van der Waals surface area (Å²) in [6, 6.07) is 0. The minimum atomic E-state index is -0.225. The van der Waals surface area contributed by atoms with E-state index in [9.17, 15) is 4.79 Å². The fourth-order valence-electron chi connectivity index (χ4n) is 6.85. The molecule has 4 fully saturated rings. The average Bonchev–Trinajstić information content (AvgIpc) is 2.65. The molecular formula is C17H26O2. The molecule has 19 heavy (non-hydrogen) atoms. The van der Waals surface area contributed by atoms with Crippen molar-refractivity contribution in [1.29, 1.82) is 0 Å². The highest BCUT2D eigenvalue weighted by Crippen LogP contribution is 2.80. The molecule has 4 saturated carbocycles. The maximum absolute atomic E-state index is 11.6. The molecule has 4 rings (SSSR count). The van der Waals surface area contributed by atoms with Crippen molar-refractivity contribution in [3.05, 3.63) is 0 Å². The van der Waals surface area contributed by atoms with Crippen LogP contribution in [0.1, 0.15) is 65.7 Å². The van der Waals surface area contributed by atoms with Gasteiger partial charge in [0.1, 0.15) is 5.60 Å². The Labute approximate surface area is 116 Å². The van der Waals surface area contributed by atoms with Crippen molar-refractivity contribution in [2.24, 2.45) is 28.6 Å². The number of hydrogen-bond acceptors (Lipinski definition) is 2. The topological polar surface area (TPSA) is 26.3 Å². The van der Waals surface area contributed by atoms with Crippen molar-refractivity contribution in [2.45, 2.75) is 71.3 Å². The molecule has 2 nitrogen and oxygen atoms in total. The van der Waals surface area contributed by atoms with Gasteiger partial charge in [0.25, 0.3) is 0 Å². The zero-order valence-corrected chi connectivity index (χ0v) is 12.5. The molecule has 0 N–H and O–H groups in total. The lowest BCUT2D eigenvalue weighted by molar-refractivity contribution is -0.177. The van der Waals surface area contributed by atoms with Crippen molar-refractivity contribution < 1.29 is 9.53 Å². The molecule has 0 saturated heterocycles. The van der Waals surface area contributed by atoms with Gasteiger partial charge in [0, 0.05) is 12.3 Å². The van der Waals surface area contributed by atoms with Crippen LogP contribution in [0, 0.1) is 28.6 Å². The quantitative estimate of drug-likeness (QED) is 0.720. The average molecular weight is 262 g/mol. The predicted octanol–water partition coefficient (Wildman–Crippen LogP) is 3.93. The summed E-state index contributed by atoms with van der Waals surface area (Å²) in [5, 5.41) is 0. The van der Waals surface area contributed by atoms with Gasteiger partial charge in [-0.25, -0.2) is 0 Å². The minimum Gasteiger partial charge on any atom is -0.459 e. The SMILES string of the molecule is CCC(C)(OC(C)=O)C12CC3CC4CC(C1)C4(C3)C2. The third-order valence-electron chi connectivity index (χ3n) is 7.63. The van der Waals surface area contributed by atoms with Gasteiger partial charge in [-0.05, 0) is 75.0 Å². The Morgan fingerprint density at radius 1 is 1.26 bits per heavy atom. The number of rotatable bonds is 3. The Balaban J connectivity index is 1.73. The number of fused-ring (bicyclic) bond motifs is 2. The van der Waals surface area contributed by atoms with E-state index in [0.29, 0.717) is 10.8 Å². The highest BCUT2D eigenvalue weighted by molar-refractivity contribution is 5.66. The highest BCUT2D eigenvalue weighted by atomic mass is 16.6. The number of carbonyl (C=O) groups is 1. The van der Waals surface area contributed by atoms with Crippen LogP contribution in [0.2, 0.25) is 0 Å². The van der Waals surface area contributed by atoms with Crippen molar-refractivity contribution in [3.8, 4) is 0 Å². The van der Waals surface area contributed by atoms with Crippen LogP contribution in [0.25, 0.3) is 0 Å². The molecule has 0 amide bonds. The van der Waals surface area contributed by atoms with E-state index in [2.05, 4.69) is 13.8 Å². The lowest BCUT2D eigenvalue weighted by atomic mass is 9.55. The summed E-state index contributed by atoms with van der Waals surface area (Å²) in [6.45, 7) is 5.99. The van der Waals surface area contributed by atoms with Gasteiger partial charge in [-0.2, -0.15) is 0 Å². The zero-order chi connectivity index (χ0) is 13.5. The zero-order valence-electron chi connectivity index (χ0n) is 12.5. The van der Waals surface area contributed by atoms with Crippen LogP contribution < -0.4 is 0 Å². The van der Waals surface area contributed by atoms with E-state index in [-0.39, 0.29) is 11.6 Å². The Hall–Kier alpha value is -0.530. The van der Waals surface area contributed by atoms with Crippen molar-refractivity contribution in [2.75, 3.05) is 0 Å². The lowest BCUT2D eigenvalue weighted by Crippen LogP contribution is -2.50. The van der Waals surface area contributed by atoms with E-state index in [1.807, 2.05) is 0 Å². The molecule has 4 aliphatic rings. The summed E-state index contributed by atoms with van der Waals surface area (Å²) in [5.74, 6) is 2.80. The van der Waals surface area contributed by atoms with Gasteiger partial charge in [0.2, 0.25) is 0 Å². The van der Waals surface area contributed by atoms with Gasteiger partial charge < -0.3 is 4.74 Å². The van der Waals surface area contributed by atoms with Crippen LogP contribution in [-0.4, -0.2) is 11.6 Å². The first-order chi connectivity index (χ1) is 8.93. The van der Waals surface area contributed by atoms with Gasteiger partial charge in [0.15, 0.2) is 0 Å². The second kappa shape index (κ2) is 3.38. The number of carbonyl (C=O) groups excluding carboxylic acids is 1. The molecule has 0 radical (unpaired) electrons. The highest BCUT2D eigenvalue weighted by Gasteiger charge is 2.74. The Kier molecular flexibility index (Phi) is 2.17. The minimum absolute atomic E-state index is 0.0926. The smallest absolute Gasteiger partial charge is 0.303 e. The molecule has 1 spiro atoms. The van der Waals surface area contributed by atoms with Crippen molar-refractivity contribution in [1.82, 2.24) is 0 Å². The maximum Gasteiger partial charge on any atom is 0.303 e. The molecule has 6 atom stereocenters. The number of esters is 1. The molecule has 4 aliphatic carbocycles. The molecule has 0 aromatic rings. The van der Waals surface area contributed by atoms with E-state index in [0.717, 1.165) is 24.2 Å². The predicted molar refractivity (Wildman–Crippen MR) is 73.5 cm³/mol. The standard InChI is InChI=1S/C17H26O2/c1-4-15(3,19-11(2)18)16-7-12-5-13-6-14(9-16)17(13,8-12)10-16/h12-14H,4-10H2,1-3H3. The van der Waals surface area contributed by atoms with Crippen LogP contribution in [0.5, 0.6) is 0 Å². The van der Waals surface area contributed by atoms with Crippen LogP contribution in [-0.2, 0) is 9.53 Å². The van der Waals surface area contributed by atoms with Crippen LogP contribution in [0.15, 0.2) is 0 Å². The Morgan fingerprint density at radius 3 is 2.74 bits per heavy atom. The summed E-state index contributed by atoms with van der Waals surface area (Å²) in [6.07, 6.45) is 9.40. The van der Waals surface area contributed by atoms with Gasteiger partial charge >= 0.3 is 5.97 Å². The van der Waals surface area contributed by atoms with Gasteiger partial charge in [-0.3, -0.25) is 4.79 Å². The van der Waals surface area contributed by atoms with Crippen molar-refractivity contribution in [3.63, 3.8) is 0 Å². The first kappa shape index (κ1) is 12.2.